The molecule has 0 saturated heterocycles. The Hall–Kier alpha value is -2.33. The maximum absolute atomic E-state index is 5.72. The zero-order valence-electron chi connectivity index (χ0n) is 10.6. The van der Waals surface area contributed by atoms with E-state index in [0.29, 0.717) is 23.0 Å². The van der Waals surface area contributed by atoms with Crippen LogP contribution in [-0.4, -0.2) is 16.7 Å². The fourth-order valence-electron chi connectivity index (χ4n) is 1.89. The van der Waals surface area contributed by atoms with Crippen LogP contribution in [0.1, 0.15) is 0 Å². The third-order valence-electron chi connectivity index (χ3n) is 2.80. The highest BCUT2D eigenvalue weighted by Gasteiger charge is 2.08. The Morgan fingerprint density at radius 2 is 2.00 bits per heavy atom. The Labute approximate surface area is 120 Å². The lowest BCUT2D eigenvalue weighted by Gasteiger charge is -1.95. The zero-order valence-corrected chi connectivity index (χ0v) is 11.3. The van der Waals surface area contributed by atoms with Gasteiger partial charge in [-0.05, 0) is 30.3 Å². The fraction of sp³-hybridized carbons (Fsp3) is 0.0667. The predicted molar refractivity (Wildman–Crippen MR) is 81.4 cm³/mol. The number of hydrogen-bond acceptors (Lipinski definition) is 3. The van der Waals surface area contributed by atoms with E-state index in [1.165, 1.54) is 0 Å². The SMILES string of the molecule is NC(CCl)=Nc1ccc2oc(-c3ccccc3)nc2c1. The molecule has 0 bridgehead atoms. The molecule has 0 atom stereocenters. The minimum absolute atomic E-state index is 0.201. The van der Waals surface area contributed by atoms with Crippen LogP contribution in [0.25, 0.3) is 22.6 Å². The molecule has 0 radical (unpaired) electrons. The van der Waals surface area contributed by atoms with Crippen molar-refractivity contribution in [3.8, 4) is 11.5 Å². The van der Waals surface area contributed by atoms with Crippen molar-refractivity contribution in [1.82, 2.24) is 4.98 Å². The molecule has 100 valence electrons. The van der Waals surface area contributed by atoms with Gasteiger partial charge in [-0.1, -0.05) is 18.2 Å². The quantitative estimate of drug-likeness (QED) is 0.453. The van der Waals surface area contributed by atoms with E-state index >= 15 is 0 Å². The molecule has 2 N–H and O–H groups in total. The van der Waals surface area contributed by atoms with Gasteiger partial charge in [0, 0.05) is 5.56 Å². The number of rotatable bonds is 3. The molecule has 1 heterocycles. The first kappa shape index (κ1) is 12.7. The highest BCUT2D eigenvalue weighted by atomic mass is 35.5. The number of amidine groups is 1. The molecule has 4 nitrogen and oxygen atoms in total. The van der Waals surface area contributed by atoms with Gasteiger partial charge in [0.15, 0.2) is 5.58 Å². The Bertz CT molecular complexity index is 765. The van der Waals surface area contributed by atoms with Gasteiger partial charge in [0.2, 0.25) is 5.89 Å². The topological polar surface area (TPSA) is 64.4 Å². The summed E-state index contributed by atoms with van der Waals surface area (Å²) in [6, 6.07) is 15.2. The van der Waals surface area contributed by atoms with E-state index in [0.717, 1.165) is 11.1 Å². The molecule has 3 rings (SSSR count). The van der Waals surface area contributed by atoms with Gasteiger partial charge in [0.05, 0.1) is 11.6 Å². The van der Waals surface area contributed by atoms with Crippen molar-refractivity contribution in [3.05, 3.63) is 48.5 Å². The van der Waals surface area contributed by atoms with Crippen molar-refractivity contribution < 1.29 is 4.42 Å². The second-order valence-electron chi connectivity index (χ2n) is 4.27. The lowest BCUT2D eigenvalue weighted by Crippen LogP contribution is -2.12. The summed E-state index contributed by atoms with van der Waals surface area (Å²) in [5.41, 5.74) is 8.73. The highest BCUT2D eigenvalue weighted by Crippen LogP contribution is 2.26. The van der Waals surface area contributed by atoms with Crippen LogP contribution in [0, 0.1) is 0 Å². The van der Waals surface area contributed by atoms with Crippen LogP contribution in [0.15, 0.2) is 57.9 Å². The minimum Gasteiger partial charge on any atom is -0.436 e. The van der Waals surface area contributed by atoms with E-state index < -0.39 is 0 Å². The monoisotopic (exact) mass is 285 g/mol. The normalized spacial score (nSPS) is 11.9. The van der Waals surface area contributed by atoms with Gasteiger partial charge >= 0.3 is 0 Å². The third kappa shape index (κ3) is 2.51. The molecule has 3 aromatic rings. The van der Waals surface area contributed by atoms with Gasteiger partial charge in [-0.2, -0.15) is 0 Å². The first-order valence-electron chi connectivity index (χ1n) is 6.11. The molecule has 20 heavy (non-hydrogen) atoms. The van der Waals surface area contributed by atoms with E-state index in [4.69, 9.17) is 21.8 Å². The molecule has 0 aliphatic heterocycles. The fourth-order valence-corrected chi connectivity index (χ4v) is 1.95. The van der Waals surface area contributed by atoms with E-state index in [-0.39, 0.29) is 5.88 Å². The summed E-state index contributed by atoms with van der Waals surface area (Å²) in [7, 11) is 0. The first-order valence-corrected chi connectivity index (χ1v) is 6.65. The Morgan fingerprint density at radius 3 is 2.75 bits per heavy atom. The van der Waals surface area contributed by atoms with E-state index in [9.17, 15) is 0 Å². The summed E-state index contributed by atoms with van der Waals surface area (Å²) in [4.78, 5) is 8.66. The van der Waals surface area contributed by atoms with Crippen LogP contribution < -0.4 is 5.73 Å². The van der Waals surface area contributed by atoms with Gasteiger partial charge in [-0.3, -0.25) is 0 Å². The van der Waals surface area contributed by atoms with Crippen molar-refractivity contribution in [3.63, 3.8) is 0 Å². The molecular weight excluding hydrogens is 274 g/mol. The van der Waals surface area contributed by atoms with Crippen LogP contribution >= 0.6 is 11.6 Å². The predicted octanol–water partition coefficient (Wildman–Crippen LogP) is 3.72. The summed E-state index contributed by atoms with van der Waals surface area (Å²) < 4.78 is 5.72. The molecule has 0 aliphatic rings. The van der Waals surface area contributed by atoms with Crippen LogP contribution in [0.3, 0.4) is 0 Å². The second kappa shape index (κ2) is 5.35. The summed E-state index contributed by atoms with van der Waals surface area (Å²) in [6.45, 7) is 0. The lowest BCUT2D eigenvalue weighted by atomic mass is 10.2. The van der Waals surface area contributed by atoms with Crippen LogP contribution in [0.4, 0.5) is 5.69 Å². The number of oxazole rings is 1. The van der Waals surface area contributed by atoms with E-state index in [1.807, 2.05) is 48.5 Å². The molecule has 0 aliphatic carbocycles. The van der Waals surface area contributed by atoms with Crippen molar-refractivity contribution in [2.75, 3.05) is 5.88 Å². The molecule has 0 unspecified atom stereocenters. The number of aliphatic imine (C=N–C) groups is 1. The molecular formula is C15H12ClN3O. The molecule has 0 fully saturated rings. The molecule has 0 amide bonds. The van der Waals surface area contributed by atoms with E-state index in [2.05, 4.69) is 9.98 Å². The van der Waals surface area contributed by atoms with Gasteiger partial charge < -0.3 is 10.2 Å². The smallest absolute Gasteiger partial charge is 0.227 e. The average Bonchev–Trinajstić information content (AvgIpc) is 2.91. The Balaban J connectivity index is 2.04. The Kier molecular flexibility index (Phi) is 3.39. The number of fused-ring (bicyclic) bond motifs is 1. The van der Waals surface area contributed by atoms with Gasteiger partial charge in [0.1, 0.15) is 11.4 Å². The number of alkyl halides is 1. The van der Waals surface area contributed by atoms with Gasteiger partial charge in [0.25, 0.3) is 0 Å². The van der Waals surface area contributed by atoms with Crippen molar-refractivity contribution in [2.45, 2.75) is 0 Å². The largest absolute Gasteiger partial charge is 0.436 e. The van der Waals surface area contributed by atoms with Crippen LogP contribution in [-0.2, 0) is 0 Å². The van der Waals surface area contributed by atoms with E-state index in [1.54, 1.807) is 0 Å². The minimum atomic E-state index is 0.201. The standard InChI is InChI=1S/C15H12ClN3O/c16-9-14(17)18-11-6-7-13-12(8-11)19-15(20-13)10-4-2-1-3-5-10/h1-8H,9H2,(H2,17,18). The molecule has 5 heteroatoms. The molecule has 0 spiro atoms. The molecule has 2 aromatic carbocycles. The molecule has 0 saturated carbocycles. The third-order valence-corrected chi connectivity index (χ3v) is 3.08. The number of benzene rings is 2. The summed E-state index contributed by atoms with van der Waals surface area (Å²) in [5, 5.41) is 0. The maximum atomic E-state index is 5.72. The van der Waals surface area contributed by atoms with Crippen molar-refractivity contribution in [1.29, 1.82) is 0 Å². The van der Waals surface area contributed by atoms with Crippen molar-refractivity contribution >= 4 is 34.2 Å². The summed E-state index contributed by atoms with van der Waals surface area (Å²) in [6.07, 6.45) is 0. The summed E-state index contributed by atoms with van der Waals surface area (Å²) >= 11 is 5.61. The highest BCUT2D eigenvalue weighted by molar-refractivity contribution is 6.28. The van der Waals surface area contributed by atoms with Crippen molar-refractivity contribution in [2.24, 2.45) is 10.7 Å². The number of aromatic nitrogens is 1. The number of hydrogen-bond donors (Lipinski definition) is 1. The summed E-state index contributed by atoms with van der Waals surface area (Å²) in [5.74, 6) is 1.16. The van der Waals surface area contributed by atoms with Gasteiger partial charge in [-0.25, -0.2) is 9.98 Å². The first-order chi connectivity index (χ1) is 9.76. The second-order valence-corrected chi connectivity index (χ2v) is 4.54. The van der Waals surface area contributed by atoms with Gasteiger partial charge in [-0.15, -0.1) is 11.6 Å². The average molecular weight is 286 g/mol. The molecule has 1 aromatic heterocycles. The zero-order chi connectivity index (χ0) is 13.9. The van der Waals surface area contributed by atoms with Crippen LogP contribution in [0.5, 0.6) is 0 Å². The van der Waals surface area contributed by atoms with Crippen LogP contribution in [0.2, 0.25) is 0 Å². The number of nitrogens with zero attached hydrogens (tertiary/aromatic N) is 2. The Morgan fingerprint density at radius 1 is 1.20 bits per heavy atom. The number of nitrogens with two attached hydrogens (primary N) is 1. The number of halogens is 1. The maximum Gasteiger partial charge on any atom is 0.227 e. The lowest BCUT2D eigenvalue weighted by molar-refractivity contribution is 0.620.